The number of nitrogens with zero attached hydrogens (tertiary/aromatic N) is 2. The van der Waals surface area contributed by atoms with E-state index >= 15 is 0 Å². The van der Waals surface area contributed by atoms with Crippen molar-refractivity contribution in [3.05, 3.63) is 46.2 Å². The maximum absolute atomic E-state index is 13.0. The van der Waals surface area contributed by atoms with Crippen molar-refractivity contribution in [2.75, 3.05) is 25.0 Å². The lowest BCUT2D eigenvalue weighted by Gasteiger charge is -2.25. The van der Waals surface area contributed by atoms with E-state index in [9.17, 15) is 18.0 Å². The Morgan fingerprint density at radius 3 is 2.57 bits per heavy atom. The van der Waals surface area contributed by atoms with Crippen molar-refractivity contribution in [1.82, 2.24) is 9.21 Å². The normalized spacial score (nSPS) is 15.0. The van der Waals surface area contributed by atoms with Crippen molar-refractivity contribution in [2.45, 2.75) is 44.6 Å². The Morgan fingerprint density at radius 1 is 1.17 bits per heavy atom. The number of sulfonamides is 1. The summed E-state index contributed by atoms with van der Waals surface area (Å²) in [6.45, 7) is 5.46. The summed E-state index contributed by atoms with van der Waals surface area (Å²) in [5.74, 6) is -0.463. The van der Waals surface area contributed by atoms with E-state index in [0.29, 0.717) is 31.9 Å². The lowest BCUT2D eigenvalue weighted by molar-refractivity contribution is -0.129. The van der Waals surface area contributed by atoms with Crippen LogP contribution in [0, 0.1) is 0 Å². The third-order valence-corrected chi connectivity index (χ3v) is 8.14. The van der Waals surface area contributed by atoms with Gasteiger partial charge in [0.1, 0.15) is 9.77 Å². The van der Waals surface area contributed by atoms with Crippen molar-refractivity contribution in [3.63, 3.8) is 0 Å². The molecule has 0 radical (unpaired) electrons. The van der Waals surface area contributed by atoms with Gasteiger partial charge in [-0.05, 0) is 48.9 Å². The van der Waals surface area contributed by atoms with Crippen LogP contribution < -0.4 is 5.32 Å². The van der Waals surface area contributed by atoms with Gasteiger partial charge in [-0.25, -0.2) is 8.42 Å². The average molecular weight is 450 g/mol. The predicted octanol–water partition coefficient (Wildman–Crippen LogP) is 3.54. The molecule has 2 amide bonds. The van der Waals surface area contributed by atoms with E-state index in [2.05, 4.69) is 5.32 Å². The minimum absolute atomic E-state index is 0.0157. The van der Waals surface area contributed by atoms with E-state index in [-0.39, 0.29) is 15.7 Å². The van der Waals surface area contributed by atoms with Gasteiger partial charge >= 0.3 is 0 Å². The molecule has 0 aliphatic carbocycles. The summed E-state index contributed by atoms with van der Waals surface area (Å²) in [7, 11) is -3.68. The number of piperidine rings is 1. The van der Waals surface area contributed by atoms with Crippen molar-refractivity contribution in [3.8, 4) is 0 Å². The van der Waals surface area contributed by atoms with Gasteiger partial charge in [-0.1, -0.05) is 18.6 Å². The van der Waals surface area contributed by atoms with Crippen molar-refractivity contribution in [2.24, 2.45) is 0 Å². The SMILES string of the molecule is CCN(Cc1cccc(NC(=O)c2sccc2S(=O)(=O)N2CCCCC2)c1)C(C)=O. The van der Waals surface area contributed by atoms with Gasteiger partial charge in [-0.15, -0.1) is 11.3 Å². The van der Waals surface area contributed by atoms with Crippen LogP contribution >= 0.6 is 11.3 Å². The van der Waals surface area contributed by atoms with Crippen molar-refractivity contribution < 1.29 is 18.0 Å². The fraction of sp³-hybridized carbons (Fsp3) is 0.429. The van der Waals surface area contributed by atoms with Crippen LogP contribution in [0.1, 0.15) is 48.3 Å². The number of benzene rings is 1. The number of thiophene rings is 1. The van der Waals surface area contributed by atoms with Crippen LogP contribution in [0.4, 0.5) is 5.69 Å². The van der Waals surface area contributed by atoms with Gasteiger partial charge in [0, 0.05) is 38.8 Å². The molecule has 0 atom stereocenters. The summed E-state index contributed by atoms with van der Waals surface area (Å²) in [5, 5.41) is 4.44. The largest absolute Gasteiger partial charge is 0.339 e. The van der Waals surface area contributed by atoms with Gasteiger partial charge in [0.15, 0.2) is 0 Å². The maximum atomic E-state index is 13.0. The number of anilines is 1. The molecule has 1 N–H and O–H groups in total. The second-order valence-corrected chi connectivity index (χ2v) is 10.1. The van der Waals surface area contributed by atoms with Gasteiger partial charge in [0.25, 0.3) is 5.91 Å². The van der Waals surface area contributed by atoms with Crippen LogP contribution in [0.5, 0.6) is 0 Å². The zero-order valence-corrected chi connectivity index (χ0v) is 18.9. The zero-order chi connectivity index (χ0) is 21.7. The molecule has 0 bridgehead atoms. The van der Waals surface area contributed by atoms with Crippen molar-refractivity contribution >= 4 is 38.9 Å². The maximum Gasteiger partial charge on any atom is 0.267 e. The molecular weight excluding hydrogens is 422 g/mol. The molecule has 2 aromatic rings. The molecule has 3 rings (SSSR count). The summed E-state index contributed by atoms with van der Waals surface area (Å²) < 4.78 is 27.5. The zero-order valence-electron chi connectivity index (χ0n) is 17.3. The molecule has 0 saturated carbocycles. The van der Waals surface area contributed by atoms with Gasteiger partial charge < -0.3 is 10.2 Å². The molecule has 0 unspecified atom stereocenters. The second kappa shape index (κ2) is 9.72. The quantitative estimate of drug-likeness (QED) is 0.700. The molecule has 0 spiro atoms. The first kappa shape index (κ1) is 22.5. The van der Waals surface area contributed by atoms with Crippen LogP contribution in [0.25, 0.3) is 0 Å². The number of carbonyl (C=O) groups excluding carboxylic acids is 2. The van der Waals surface area contributed by atoms with Gasteiger partial charge in [-0.2, -0.15) is 4.31 Å². The van der Waals surface area contributed by atoms with Crippen LogP contribution in [0.15, 0.2) is 40.6 Å². The first-order chi connectivity index (χ1) is 14.3. The summed E-state index contributed by atoms with van der Waals surface area (Å²) in [4.78, 5) is 26.5. The van der Waals surface area contributed by atoms with E-state index < -0.39 is 15.9 Å². The number of hydrogen-bond acceptors (Lipinski definition) is 5. The highest BCUT2D eigenvalue weighted by Gasteiger charge is 2.31. The molecule has 1 saturated heterocycles. The summed E-state index contributed by atoms with van der Waals surface area (Å²) in [6.07, 6.45) is 2.71. The van der Waals surface area contributed by atoms with E-state index in [1.54, 1.807) is 28.5 Å². The van der Waals surface area contributed by atoms with Gasteiger partial charge in [0.05, 0.1) is 0 Å². The molecule has 1 fully saturated rings. The molecule has 9 heteroatoms. The van der Waals surface area contributed by atoms with Crippen LogP contribution in [0.3, 0.4) is 0 Å². The lowest BCUT2D eigenvalue weighted by atomic mass is 10.2. The summed E-state index contributed by atoms with van der Waals surface area (Å²) in [5.41, 5.74) is 1.45. The molecule has 7 nitrogen and oxygen atoms in total. The molecule has 30 heavy (non-hydrogen) atoms. The van der Waals surface area contributed by atoms with Gasteiger partial charge in [-0.3, -0.25) is 9.59 Å². The van der Waals surface area contributed by atoms with Crippen molar-refractivity contribution in [1.29, 1.82) is 0 Å². The Morgan fingerprint density at radius 2 is 1.90 bits per heavy atom. The van der Waals surface area contributed by atoms with E-state index in [1.165, 1.54) is 17.3 Å². The fourth-order valence-electron chi connectivity index (χ4n) is 3.51. The minimum atomic E-state index is -3.68. The Labute approximate surface area is 181 Å². The first-order valence-electron chi connectivity index (χ1n) is 10.1. The monoisotopic (exact) mass is 449 g/mol. The van der Waals surface area contributed by atoms with E-state index in [4.69, 9.17) is 0 Å². The molecule has 1 aliphatic heterocycles. The number of hydrogen-bond donors (Lipinski definition) is 1. The lowest BCUT2D eigenvalue weighted by Crippen LogP contribution is -2.36. The van der Waals surface area contributed by atoms with E-state index in [1.807, 2.05) is 13.0 Å². The predicted molar refractivity (Wildman–Crippen MR) is 118 cm³/mol. The molecule has 162 valence electrons. The third kappa shape index (κ3) is 5.08. The van der Waals surface area contributed by atoms with E-state index in [0.717, 1.165) is 36.2 Å². The highest BCUT2D eigenvalue weighted by molar-refractivity contribution is 7.89. The second-order valence-electron chi connectivity index (χ2n) is 7.27. The Bertz CT molecular complexity index is 1010. The standard InChI is InChI=1S/C21H27N3O4S2/c1-3-23(16(2)25)15-17-8-7-9-18(14-17)22-21(26)20-19(10-13-29-20)30(27,28)24-11-5-4-6-12-24/h7-10,13-14H,3-6,11-12,15H2,1-2H3,(H,22,26). The number of amides is 2. The first-order valence-corrected chi connectivity index (χ1v) is 12.4. The third-order valence-electron chi connectivity index (χ3n) is 5.15. The molecule has 1 aromatic heterocycles. The molecule has 1 aromatic carbocycles. The van der Waals surface area contributed by atoms with Crippen LogP contribution in [0.2, 0.25) is 0 Å². The molecule has 2 heterocycles. The smallest absolute Gasteiger partial charge is 0.267 e. The van der Waals surface area contributed by atoms with Gasteiger partial charge in [0.2, 0.25) is 15.9 Å². The highest BCUT2D eigenvalue weighted by Crippen LogP contribution is 2.28. The Balaban J connectivity index is 1.77. The Hall–Kier alpha value is -2.23. The summed E-state index contributed by atoms with van der Waals surface area (Å²) in [6, 6.07) is 8.75. The van der Waals surface area contributed by atoms with Crippen LogP contribution in [-0.2, 0) is 21.4 Å². The topological polar surface area (TPSA) is 86.8 Å². The average Bonchev–Trinajstić information content (AvgIpc) is 3.24. The highest BCUT2D eigenvalue weighted by atomic mass is 32.2. The number of carbonyl (C=O) groups is 2. The molecule has 1 aliphatic rings. The molecular formula is C21H27N3O4S2. The van der Waals surface area contributed by atoms with Crippen LogP contribution in [-0.4, -0.2) is 49.1 Å². The summed E-state index contributed by atoms with van der Waals surface area (Å²) >= 11 is 1.12. The fourth-order valence-corrected chi connectivity index (χ4v) is 6.32. The number of rotatable bonds is 7. The number of nitrogens with one attached hydrogen (secondary N) is 1. The Kier molecular flexibility index (Phi) is 7.27. The minimum Gasteiger partial charge on any atom is -0.339 e.